The van der Waals surface area contributed by atoms with Gasteiger partial charge >= 0.3 is 0 Å². The van der Waals surface area contributed by atoms with Crippen molar-refractivity contribution in [2.75, 3.05) is 18.2 Å². The molecule has 12 heteroatoms. The Hall–Kier alpha value is -3.41. The predicted molar refractivity (Wildman–Crippen MR) is 123 cm³/mol. The summed E-state index contributed by atoms with van der Waals surface area (Å²) in [5.74, 6) is -1.83. The van der Waals surface area contributed by atoms with Crippen molar-refractivity contribution in [3.8, 4) is 5.75 Å². The minimum atomic E-state index is -4.19. The number of anilines is 2. The summed E-state index contributed by atoms with van der Waals surface area (Å²) in [6.45, 7) is 2.55. The third-order valence-electron chi connectivity index (χ3n) is 5.99. The molecular weight excluding hydrogens is 471 g/mol. The van der Waals surface area contributed by atoms with E-state index in [0.29, 0.717) is 16.7 Å². The normalized spacial score (nSPS) is 21.3. The summed E-state index contributed by atoms with van der Waals surface area (Å²) in [6, 6.07) is 6.82. The summed E-state index contributed by atoms with van der Waals surface area (Å²) in [5.41, 5.74) is 3.16. The standard InChI is InChI=1S/C22H22F3N5O3S/c1-21(2)20(26)30-22(19(24)25,11-34(21,31)32)15-9-13(4-5-16(15)23)29-18-17-12(6-7-27-18)8-14(33-3)10-28-17/h4-10,19H,11H2,1-3H3,(H2,26,30)(H,27,29). The highest BCUT2D eigenvalue weighted by Gasteiger charge is 2.56. The monoisotopic (exact) mass is 493 g/mol. The number of pyridine rings is 2. The van der Waals surface area contributed by atoms with Gasteiger partial charge in [0.15, 0.2) is 21.2 Å². The van der Waals surface area contributed by atoms with E-state index >= 15 is 0 Å². The number of aromatic nitrogens is 2. The fourth-order valence-corrected chi connectivity index (χ4v) is 5.34. The fraction of sp³-hybridized carbons (Fsp3) is 0.318. The van der Waals surface area contributed by atoms with E-state index < -0.39 is 49.5 Å². The van der Waals surface area contributed by atoms with Gasteiger partial charge in [-0.1, -0.05) is 0 Å². The van der Waals surface area contributed by atoms with Crippen LogP contribution in [-0.2, 0) is 15.4 Å². The van der Waals surface area contributed by atoms with Crippen molar-refractivity contribution in [3.05, 3.63) is 54.1 Å². The highest BCUT2D eigenvalue weighted by molar-refractivity contribution is 7.93. The van der Waals surface area contributed by atoms with E-state index in [2.05, 4.69) is 20.3 Å². The molecule has 1 aliphatic heterocycles. The van der Waals surface area contributed by atoms with Crippen LogP contribution < -0.4 is 15.8 Å². The molecule has 3 heterocycles. The van der Waals surface area contributed by atoms with Crippen LogP contribution in [0.3, 0.4) is 0 Å². The van der Waals surface area contributed by atoms with Gasteiger partial charge < -0.3 is 15.8 Å². The maximum atomic E-state index is 14.9. The first kappa shape index (κ1) is 23.7. The van der Waals surface area contributed by atoms with Crippen molar-refractivity contribution in [3.63, 3.8) is 0 Å². The number of halogens is 3. The number of rotatable bonds is 5. The minimum Gasteiger partial charge on any atom is -0.495 e. The molecule has 180 valence electrons. The van der Waals surface area contributed by atoms with Crippen LogP contribution in [0, 0.1) is 5.82 Å². The number of ether oxygens (including phenoxy) is 1. The number of aliphatic imine (C=N–C) groups is 1. The Labute approximate surface area is 194 Å². The van der Waals surface area contributed by atoms with Gasteiger partial charge in [-0.25, -0.2) is 31.6 Å². The average Bonchev–Trinajstić information content (AvgIpc) is 2.78. The third-order valence-corrected chi connectivity index (χ3v) is 8.58. The lowest BCUT2D eigenvalue weighted by Crippen LogP contribution is -2.57. The van der Waals surface area contributed by atoms with E-state index in [1.54, 1.807) is 12.1 Å². The molecule has 0 saturated heterocycles. The Balaban J connectivity index is 1.83. The van der Waals surface area contributed by atoms with Gasteiger partial charge in [0.1, 0.15) is 27.7 Å². The second-order valence-corrected chi connectivity index (χ2v) is 11.0. The SMILES string of the molecule is COc1cnc2c(Nc3ccc(F)c(C4(C(F)F)CS(=O)(=O)C(C)(C)C(N)=N4)c3)nccc2c1. The zero-order valence-electron chi connectivity index (χ0n) is 18.5. The molecule has 0 spiro atoms. The van der Waals surface area contributed by atoms with Crippen LogP contribution in [-0.4, -0.2) is 48.3 Å². The van der Waals surface area contributed by atoms with Gasteiger partial charge in [0.05, 0.1) is 19.1 Å². The van der Waals surface area contributed by atoms with E-state index in [-0.39, 0.29) is 11.5 Å². The second kappa shape index (κ2) is 8.12. The molecule has 34 heavy (non-hydrogen) atoms. The van der Waals surface area contributed by atoms with Crippen molar-refractivity contribution < 1.29 is 26.3 Å². The lowest BCUT2D eigenvalue weighted by Gasteiger charge is -2.39. The number of fused-ring (bicyclic) bond motifs is 1. The number of hydrogen-bond donors (Lipinski definition) is 2. The Morgan fingerprint density at radius 1 is 1.18 bits per heavy atom. The number of amidine groups is 1. The molecule has 0 bridgehead atoms. The summed E-state index contributed by atoms with van der Waals surface area (Å²) in [4.78, 5) is 12.4. The maximum Gasteiger partial charge on any atom is 0.268 e. The number of hydrogen-bond acceptors (Lipinski definition) is 8. The van der Waals surface area contributed by atoms with Crippen LogP contribution >= 0.6 is 0 Å². The van der Waals surface area contributed by atoms with Gasteiger partial charge in [0.25, 0.3) is 6.43 Å². The molecule has 0 aliphatic carbocycles. The Bertz CT molecular complexity index is 1410. The second-order valence-electron chi connectivity index (χ2n) is 8.42. The summed E-state index contributed by atoms with van der Waals surface area (Å²) < 4.78 is 72.9. The lowest BCUT2D eigenvalue weighted by atomic mass is 9.91. The van der Waals surface area contributed by atoms with Gasteiger partial charge in [0.2, 0.25) is 0 Å². The molecule has 1 unspecified atom stereocenters. The van der Waals surface area contributed by atoms with E-state index in [4.69, 9.17) is 10.5 Å². The van der Waals surface area contributed by atoms with Crippen LogP contribution in [0.4, 0.5) is 24.7 Å². The number of benzene rings is 1. The predicted octanol–water partition coefficient (Wildman–Crippen LogP) is 3.55. The first-order valence-electron chi connectivity index (χ1n) is 10.1. The van der Waals surface area contributed by atoms with Gasteiger partial charge in [-0.2, -0.15) is 0 Å². The molecule has 0 amide bonds. The molecular formula is C22H22F3N5O3S. The highest BCUT2D eigenvalue weighted by atomic mass is 32.2. The zero-order chi connectivity index (χ0) is 24.9. The average molecular weight is 494 g/mol. The van der Waals surface area contributed by atoms with E-state index in [0.717, 1.165) is 12.1 Å². The Morgan fingerprint density at radius 2 is 1.91 bits per heavy atom. The quantitative estimate of drug-likeness (QED) is 0.558. The maximum absolute atomic E-state index is 14.9. The van der Waals surface area contributed by atoms with Crippen LogP contribution in [0.25, 0.3) is 10.9 Å². The fourth-order valence-electron chi connectivity index (χ4n) is 3.69. The Kier molecular flexibility index (Phi) is 5.67. The molecule has 2 aromatic heterocycles. The summed E-state index contributed by atoms with van der Waals surface area (Å²) in [7, 11) is -2.69. The number of methoxy groups -OCH3 is 1. The van der Waals surface area contributed by atoms with Crippen molar-refractivity contribution in [1.82, 2.24) is 9.97 Å². The first-order valence-corrected chi connectivity index (χ1v) is 11.8. The van der Waals surface area contributed by atoms with Gasteiger partial charge in [-0.15, -0.1) is 0 Å². The zero-order valence-corrected chi connectivity index (χ0v) is 19.3. The summed E-state index contributed by atoms with van der Waals surface area (Å²) in [5, 5.41) is 3.64. The Morgan fingerprint density at radius 3 is 2.56 bits per heavy atom. The summed E-state index contributed by atoms with van der Waals surface area (Å²) >= 11 is 0. The number of nitrogens with one attached hydrogen (secondary N) is 1. The number of nitrogens with zero attached hydrogens (tertiary/aromatic N) is 3. The number of alkyl halides is 2. The molecule has 0 fully saturated rings. The van der Waals surface area contributed by atoms with Crippen LogP contribution in [0.5, 0.6) is 5.75 Å². The van der Waals surface area contributed by atoms with E-state index in [1.807, 2.05) is 0 Å². The topological polar surface area (TPSA) is 120 Å². The van der Waals surface area contributed by atoms with Gasteiger partial charge in [0, 0.05) is 22.8 Å². The molecule has 1 atom stereocenters. The van der Waals surface area contributed by atoms with E-state index in [1.165, 1.54) is 39.4 Å². The van der Waals surface area contributed by atoms with Crippen molar-refractivity contribution in [2.45, 2.75) is 30.6 Å². The molecule has 3 aromatic rings. The van der Waals surface area contributed by atoms with Crippen LogP contribution in [0.2, 0.25) is 0 Å². The molecule has 0 radical (unpaired) electrons. The van der Waals surface area contributed by atoms with Crippen molar-refractivity contribution >= 4 is 38.1 Å². The molecule has 1 aliphatic rings. The third kappa shape index (κ3) is 3.71. The minimum absolute atomic E-state index is 0.185. The molecule has 1 aromatic carbocycles. The van der Waals surface area contributed by atoms with Gasteiger partial charge in [-0.3, -0.25) is 4.99 Å². The van der Waals surface area contributed by atoms with Crippen LogP contribution in [0.1, 0.15) is 19.4 Å². The number of sulfone groups is 1. The molecule has 4 rings (SSSR count). The lowest BCUT2D eigenvalue weighted by molar-refractivity contribution is 0.0622. The van der Waals surface area contributed by atoms with E-state index in [9.17, 15) is 21.6 Å². The van der Waals surface area contributed by atoms with Crippen LogP contribution in [0.15, 0.2) is 47.7 Å². The largest absolute Gasteiger partial charge is 0.495 e. The van der Waals surface area contributed by atoms with Gasteiger partial charge in [-0.05, 0) is 44.2 Å². The molecule has 0 saturated carbocycles. The summed E-state index contributed by atoms with van der Waals surface area (Å²) in [6.07, 6.45) is -0.340. The first-order chi connectivity index (χ1) is 15.9. The van der Waals surface area contributed by atoms with Crippen molar-refractivity contribution in [1.29, 1.82) is 0 Å². The molecule has 3 N–H and O–H groups in total. The highest BCUT2D eigenvalue weighted by Crippen LogP contribution is 2.43. The molecule has 8 nitrogen and oxygen atoms in total. The van der Waals surface area contributed by atoms with Crippen molar-refractivity contribution in [2.24, 2.45) is 10.7 Å². The smallest absolute Gasteiger partial charge is 0.268 e. The number of nitrogens with two attached hydrogens (primary N) is 1.